The normalized spacial score (nSPS) is 10.9. The molecule has 9 heteroatoms. The molecule has 2 aromatic heterocycles. The van der Waals surface area contributed by atoms with Gasteiger partial charge in [-0.15, -0.1) is 12.4 Å². The lowest BCUT2D eigenvalue weighted by atomic mass is 10.1. The van der Waals surface area contributed by atoms with Crippen LogP contribution >= 0.6 is 12.4 Å². The third-order valence-electron chi connectivity index (χ3n) is 4.79. The fraction of sp³-hybridized carbons (Fsp3) is 0.273. The van der Waals surface area contributed by atoms with Gasteiger partial charge in [-0.05, 0) is 12.1 Å². The molecule has 0 bridgehead atoms. The van der Waals surface area contributed by atoms with E-state index in [0.29, 0.717) is 54.7 Å². The van der Waals surface area contributed by atoms with Crippen LogP contribution in [-0.2, 0) is 9.47 Å². The van der Waals surface area contributed by atoms with Crippen LogP contribution in [0.3, 0.4) is 0 Å². The van der Waals surface area contributed by atoms with Gasteiger partial charge in [0.05, 0.1) is 49.9 Å². The number of hydrogen-bond donors (Lipinski definition) is 1. The van der Waals surface area contributed by atoms with Crippen molar-refractivity contribution in [3.8, 4) is 22.8 Å². The number of fused-ring (bicyclic) bond motifs is 2. The molecule has 8 nitrogen and oxygen atoms in total. The molecule has 0 amide bonds. The highest BCUT2D eigenvalue weighted by atomic mass is 35.5. The maximum atomic E-state index is 10.3. The van der Waals surface area contributed by atoms with Gasteiger partial charge in [0, 0.05) is 29.5 Å². The predicted molar refractivity (Wildman–Crippen MR) is 120 cm³/mol. The van der Waals surface area contributed by atoms with Crippen molar-refractivity contribution in [2.75, 3.05) is 40.6 Å². The summed E-state index contributed by atoms with van der Waals surface area (Å²) in [4.78, 5) is 8.88. The SMILES string of the molecule is COCCOCCOc1cc2ncnc(-c3cn(O)c4ccccc34)c2cc1OC.Cl. The number of halogens is 1. The quantitative estimate of drug-likeness (QED) is 0.308. The van der Waals surface area contributed by atoms with Gasteiger partial charge in [-0.2, -0.15) is 4.73 Å². The molecule has 2 heterocycles. The van der Waals surface area contributed by atoms with E-state index in [0.717, 1.165) is 21.1 Å². The Labute approximate surface area is 185 Å². The summed E-state index contributed by atoms with van der Waals surface area (Å²) in [5, 5.41) is 11.9. The smallest absolute Gasteiger partial charge is 0.163 e. The standard InChI is InChI=1S/C22H23N3O5.ClH/c1-27-7-8-29-9-10-30-21-12-18-16(11-20(21)28-2)22(24-14-23-18)17-13-25(26)19-6-4-3-5-15(17)19;/h3-6,11-14,26H,7-10H2,1-2H3;1H. The Hall–Kier alpha value is -3.07. The Balaban J connectivity index is 0.00000272. The maximum absolute atomic E-state index is 10.3. The van der Waals surface area contributed by atoms with E-state index < -0.39 is 0 Å². The van der Waals surface area contributed by atoms with Crippen molar-refractivity contribution >= 4 is 34.2 Å². The number of hydrogen-bond acceptors (Lipinski definition) is 7. The Morgan fingerprint density at radius 1 is 0.935 bits per heavy atom. The molecule has 4 rings (SSSR count). The average Bonchev–Trinajstić information content (AvgIpc) is 3.11. The van der Waals surface area contributed by atoms with Gasteiger partial charge in [0.15, 0.2) is 11.5 Å². The Morgan fingerprint density at radius 3 is 2.55 bits per heavy atom. The first-order valence-corrected chi connectivity index (χ1v) is 9.55. The minimum atomic E-state index is 0. The van der Waals surface area contributed by atoms with Crippen molar-refractivity contribution < 1.29 is 24.2 Å². The summed E-state index contributed by atoms with van der Waals surface area (Å²) in [5.41, 5.74) is 2.94. The van der Waals surface area contributed by atoms with Crippen LogP contribution in [0.1, 0.15) is 0 Å². The average molecular weight is 446 g/mol. The Kier molecular flexibility index (Phi) is 7.51. The van der Waals surface area contributed by atoms with Crippen molar-refractivity contribution in [3.05, 3.63) is 48.9 Å². The summed E-state index contributed by atoms with van der Waals surface area (Å²) in [6.07, 6.45) is 3.16. The summed E-state index contributed by atoms with van der Waals surface area (Å²) < 4.78 is 22.9. The summed E-state index contributed by atoms with van der Waals surface area (Å²) >= 11 is 0. The fourth-order valence-corrected chi connectivity index (χ4v) is 3.36. The summed E-state index contributed by atoms with van der Waals surface area (Å²) in [7, 11) is 3.22. The van der Waals surface area contributed by atoms with E-state index in [1.54, 1.807) is 20.4 Å². The number of benzene rings is 2. The second kappa shape index (κ2) is 10.3. The number of methoxy groups -OCH3 is 2. The first-order chi connectivity index (χ1) is 14.7. The van der Waals surface area contributed by atoms with Gasteiger partial charge in [0.25, 0.3) is 0 Å². The highest BCUT2D eigenvalue weighted by molar-refractivity contribution is 6.03. The van der Waals surface area contributed by atoms with Gasteiger partial charge in [-0.25, -0.2) is 9.97 Å². The van der Waals surface area contributed by atoms with Crippen LogP contribution in [0.2, 0.25) is 0 Å². The van der Waals surface area contributed by atoms with Crippen molar-refractivity contribution in [2.45, 2.75) is 0 Å². The molecule has 0 fully saturated rings. The highest BCUT2D eigenvalue weighted by Gasteiger charge is 2.16. The van der Waals surface area contributed by atoms with Gasteiger partial charge in [-0.3, -0.25) is 0 Å². The van der Waals surface area contributed by atoms with Crippen LogP contribution in [0.15, 0.2) is 48.9 Å². The molecule has 0 aliphatic rings. The van der Waals surface area contributed by atoms with Gasteiger partial charge in [0.2, 0.25) is 0 Å². The molecule has 4 aromatic rings. The zero-order valence-corrected chi connectivity index (χ0v) is 18.1. The van der Waals surface area contributed by atoms with Crippen molar-refractivity contribution in [1.82, 2.24) is 14.7 Å². The van der Waals surface area contributed by atoms with Gasteiger partial charge >= 0.3 is 0 Å². The lowest BCUT2D eigenvalue weighted by Gasteiger charge is -2.13. The van der Waals surface area contributed by atoms with Crippen molar-refractivity contribution in [1.29, 1.82) is 0 Å². The van der Waals surface area contributed by atoms with E-state index in [9.17, 15) is 5.21 Å². The zero-order chi connectivity index (χ0) is 20.9. The summed E-state index contributed by atoms with van der Waals surface area (Å²) in [5.74, 6) is 1.15. The predicted octanol–water partition coefficient (Wildman–Crippen LogP) is 3.96. The van der Waals surface area contributed by atoms with Crippen LogP contribution in [-0.4, -0.2) is 60.6 Å². The van der Waals surface area contributed by atoms with Gasteiger partial charge in [0.1, 0.15) is 12.9 Å². The van der Waals surface area contributed by atoms with E-state index in [2.05, 4.69) is 9.97 Å². The van der Waals surface area contributed by atoms with E-state index in [-0.39, 0.29) is 12.4 Å². The molecule has 0 unspecified atom stereocenters. The van der Waals surface area contributed by atoms with E-state index >= 15 is 0 Å². The van der Waals surface area contributed by atoms with Crippen molar-refractivity contribution in [3.63, 3.8) is 0 Å². The maximum Gasteiger partial charge on any atom is 0.163 e. The van der Waals surface area contributed by atoms with Crippen LogP contribution in [0, 0.1) is 0 Å². The van der Waals surface area contributed by atoms with Crippen molar-refractivity contribution in [2.24, 2.45) is 0 Å². The molecule has 0 radical (unpaired) electrons. The minimum Gasteiger partial charge on any atom is -0.493 e. The van der Waals surface area contributed by atoms with Crippen LogP contribution < -0.4 is 9.47 Å². The second-order valence-electron chi connectivity index (χ2n) is 6.60. The first kappa shape index (κ1) is 22.6. The number of rotatable bonds is 9. The molecule has 0 atom stereocenters. The lowest BCUT2D eigenvalue weighted by molar-refractivity contribution is 0.0540. The Bertz CT molecular complexity index is 1160. The molecular formula is C22H24ClN3O5. The third-order valence-corrected chi connectivity index (χ3v) is 4.79. The largest absolute Gasteiger partial charge is 0.493 e. The van der Waals surface area contributed by atoms with Gasteiger partial charge < -0.3 is 24.2 Å². The van der Waals surface area contributed by atoms with Gasteiger partial charge in [-0.1, -0.05) is 18.2 Å². The zero-order valence-electron chi connectivity index (χ0n) is 17.3. The van der Waals surface area contributed by atoms with E-state index in [1.165, 1.54) is 6.33 Å². The summed E-state index contributed by atoms with van der Waals surface area (Å²) in [6, 6.07) is 11.3. The molecule has 1 N–H and O–H groups in total. The molecular weight excluding hydrogens is 422 g/mol. The van der Waals surface area contributed by atoms with E-state index in [1.807, 2.05) is 36.4 Å². The molecule has 0 saturated heterocycles. The van der Waals surface area contributed by atoms with Crippen LogP contribution in [0.5, 0.6) is 11.5 Å². The monoisotopic (exact) mass is 445 g/mol. The van der Waals surface area contributed by atoms with E-state index in [4.69, 9.17) is 18.9 Å². The number of nitrogens with zero attached hydrogens (tertiary/aromatic N) is 3. The summed E-state index contributed by atoms with van der Waals surface area (Å²) in [6.45, 7) is 1.88. The minimum absolute atomic E-state index is 0. The number of aromatic nitrogens is 3. The lowest BCUT2D eigenvalue weighted by Crippen LogP contribution is -2.10. The second-order valence-corrected chi connectivity index (χ2v) is 6.60. The van der Waals surface area contributed by atoms with Crippen LogP contribution in [0.4, 0.5) is 0 Å². The Morgan fingerprint density at radius 2 is 1.74 bits per heavy atom. The molecule has 0 aliphatic carbocycles. The highest BCUT2D eigenvalue weighted by Crippen LogP contribution is 2.37. The molecule has 0 saturated carbocycles. The molecule has 0 aliphatic heterocycles. The fourth-order valence-electron chi connectivity index (χ4n) is 3.36. The molecule has 2 aromatic carbocycles. The number of ether oxygens (including phenoxy) is 4. The molecule has 164 valence electrons. The molecule has 31 heavy (non-hydrogen) atoms. The molecule has 0 spiro atoms. The number of para-hydroxylation sites is 1. The first-order valence-electron chi connectivity index (χ1n) is 9.55. The van der Waals surface area contributed by atoms with Crippen LogP contribution in [0.25, 0.3) is 33.1 Å². The third kappa shape index (κ3) is 4.66. The topological polar surface area (TPSA) is 87.9 Å².